The Balaban J connectivity index is 1.94. The van der Waals surface area contributed by atoms with Gasteiger partial charge in [0.05, 0.1) is 6.61 Å². The molecule has 1 amide bonds. The fraction of sp³-hybridized carbons (Fsp3) is 0.529. The third kappa shape index (κ3) is 4.48. The maximum Gasteiger partial charge on any atom is 0.326 e. The summed E-state index contributed by atoms with van der Waals surface area (Å²) < 4.78 is 5.61. The largest absolute Gasteiger partial charge is 0.493 e. The molecule has 0 heterocycles. The summed E-state index contributed by atoms with van der Waals surface area (Å²) in [5.74, 6) is -0.0916. The topological polar surface area (TPSA) is 75.6 Å². The third-order valence-corrected chi connectivity index (χ3v) is 4.06. The number of carbonyl (C=O) groups is 2. The maximum atomic E-state index is 12.2. The second-order valence-corrected chi connectivity index (χ2v) is 5.95. The number of rotatable bonds is 8. The molecular weight excluding hydrogens is 282 g/mol. The molecule has 1 fully saturated rings. The lowest BCUT2D eigenvalue weighted by Gasteiger charge is -2.20. The van der Waals surface area contributed by atoms with Crippen LogP contribution in [-0.2, 0) is 4.79 Å². The van der Waals surface area contributed by atoms with E-state index in [1.54, 1.807) is 24.3 Å². The zero-order chi connectivity index (χ0) is 16.1. The Morgan fingerprint density at radius 2 is 1.95 bits per heavy atom. The molecule has 120 valence electrons. The van der Waals surface area contributed by atoms with Crippen LogP contribution < -0.4 is 10.1 Å². The first-order chi connectivity index (χ1) is 10.5. The number of ether oxygens (including phenoxy) is 1. The van der Waals surface area contributed by atoms with E-state index < -0.39 is 12.0 Å². The number of nitrogens with one attached hydrogen (secondary N) is 1. The number of carboxylic acids is 1. The van der Waals surface area contributed by atoms with E-state index in [-0.39, 0.29) is 11.8 Å². The molecule has 0 radical (unpaired) electrons. The van der Waals surface area contributed by atoms with Gasteiger partial charge in [-0.1, -0.05) is 20.3 Å². The van der Waals surface area contributed by atoms with E-state index in [1.807, 2.05) is 13.8 Å². The van der Waals surface area contributed by atoms with Crippen LogP contribution in [0.25, 0.3) is 0 Å². The lowest BCUT2D eigenvalue weighted by Crippen LogP contribution is -2.45. The Kier molecular flexibility index (Phi) is 5.41. The molecule has 1 aromatic rings. The van der Waals surface area contributed by atoms with Crippen molar-refractivity contribution in [3.63, 3.8) is 0 Å². The van der Waals surface area contributed by atoms with Gasteiger partial charge in [-0.2, -0.15) is 0 Å². The van der Waals surface area contributed by atoms with Gasteiger partial charge < -0.3 is 15.2 Å². The molecule has 0 bridgehead atoms. The van der Waals surface area contributed by atoms with Crippen LogP contribution in [0.1, 0.15) is 43.5 Å². The number of aliphatic carboxylic acids is 1. The zero-order valence-corrected chi connectivity index (χ0v) is 13.0. The van der Waals surface area contributed by atoms with E-state index in [0.29, 0.717) is 17.9 Å². The molecule has 22 heavy (non-hydrogen) atoms. The second kappa shape index (κ2) is 7.29. The first-order valence-corrected chi connectivity index (χ1v) is 7.77. The standard InChI is InChI=1S/C17H23NO4/c1-3-11(2)15(17(20)21)18-16(19)13-6-8-14(9-7-13)22-10-12-4-5-12/h6-9,11-12,15H,3-5,10H2,1-2H3,(H,18,19)(H,20,21)/t11-,15-/m0/s1. The number of hydrogen-bond donors (Lipinski definition) is 2. The summed E-state index contributed by atoms with van der Waals surface area (Å²) in [4.78, 5) is 23.4. The van der Waals surface area contributed by atoms with E-state index >= 15 is 0 Å². The maximum absolute atomic E-state index is 12.2. The summed E-state index contributed by atoms with van der Waals surface area (Å²) in [5, 5.41) is 11.8. The van der Waals surface area contributed by atoms with Crippen molar-refractivity contribution in [2.45, 2.75) is 39.2 Å². The van der Waals surface area contributed by atoms with Gasteiger partial charge in [-0.15, -0.1) is 0 Å². The first kappa shape index (κ1) is 16.3. The van der Waals surface area contributed by atoms with Crippen LogP contribution >= 0.6 is 0 Å². The van der Waals surface area contributed by atoms with Crippen LogP contribution in [0, 0.1) is 11.8 Å². The van der Waals surface area contributed by atoms with Crippen molar-refractivity contribution >= 4 is 11.9 Å². The fourth-order valence-corrected chi connectivity index (χ4v) is 2.11. The lowest BCUT2D eigenvalue weighted by molar-refractivity contribution is -0.140. The average Bonchev–Trinajstić information content (AvgIpc) is 3.34. The fourth-order valence-electron chi connectivity index (χ4n) is 2.11. The molecule has 0 spiro atoms. The van der Waals surface area contributed by atoms with Crippen LogP contribution in [0.15, 0.2) is 24.3 Å². The van der Waals surface area contributed by atoms with Gasteiger partial charge in [0.25, 0.3) is 5.91 Å². The van der Waals surface area contributed by atoms with Gasteiger partial charge in [0, 0.05) is 5.56 Å². The number of carbonyl (C=O) groups excluding carboxylic acids is 1. The molecule has 1 aliphatic rings. The molecule has 1 aromatic carbocycles. The van der Waals surface area contributed by atoms with E-state index in [1.165, 1.54) is 12.8 Å². The summed E-state index contributed by atoms with van der Waals surface area (Å²) in [6.07, 6.45) is 3.14. The molecule has 0 aliphatic heterocycles. The molecule has 2 N–H and O–H groups in total. The zero-order valence-electron chi connectivity index (χ0n) is 13.0. The Morgan fingerprint density at radius 1 is 1.32 bits per heavy atom. The SMILES string of the molecule is CC[C@H](C)[C@H](NC(=O)c1ccc(OCC2CC2)cc1)C(=O)O. The quantitative estimate of drug-likeness (QED) is 0.774. The van der Waals surface area contributed by atoms with Crippen LogP contribution in [0.4, 0.5) is 0 Å². The second-order valence-electron chi connectivity index (χ2n) is 5.95. The highest BCUT2D eigenvalue weighted by Gasteiger charge is 2.26. The Labute approximate surface area is 130 Å². The monoisotopic (exact) mass is 305 g/mol. The van der Waals surface area contributed by atoms with Crippen molar-refractivity contribution in [1.29, 1.82) is 0 Å². The summed E-state index contributed by atoms with van der Waals surface area (Å²) >= 11 is 0. The first-order valence-electron chi connectivity index (χ1n) is 7.77. The number of amides is 1. The summed E-state index contributed by atoms with van der Waals surface area (Å²) in [6, 6.07) is 5.94. The summed E-state index contributed by atoms with van der Waals surface area (Å²) in [5.41, 5.74) is 0.438. The van der Waals surface area contributed by atoms with Crippen LogP contribution in [-0.4, -0.2) is 29.6 Å². The van der Waals surface area contributed by atoms with Crippen LogP contribution in [0.2, 0.25) is 0 Å². The highest BCUT2D eigenvalue weighted by Crippen LogP contribution is 2.29. The highest BCUT2D eigenvalue weighted by molar-refractivity contribution is 5.96. The van der Waals surface area contributed by atoms with Crippen molar-refractivity contribution in [2.75, 3.05) is 6.61 Å². The summed E-state index contributed by atoms with van der Waals surface area (Å²) in [7, 11) is 0. The van der Waals surface area contributed by atoms with Gasteiger partial charge in [-0.05, 0) is 48.9 Å². The minimum Gasteiger partial charge on any atom is -0.493 e. The van der Waals surface area contributed by atoms with Crippen molar-refractivity contribution in [1.82, 2.24) is 5.32 Å². The van der Waals surface area contributed by atoms with Gasteiger partial charge in [-0.25, -0.2) is 4.79 Å². The van der Waals surface area contributed by atoms with Crippen molar-refractivity contribution < 1.29 is 19.4 Å². The van der Waals surface area contributed by atoms with Gasteiger partial charge in [0.1, 0.15) is 11.8 Å². The van der Waals surface area contributed by atoms with Gasteiger partial charge in [-0.3, -0.25) is 4.79 Å². The predicted octanol–water partition coefficient (Wildman–Crippen LogP) is 2.70. The molecule has 0 saturated heterocycles. The molecule has 1 aliphatic carbocycles. The average molecular weight is 305 g/mol. The smallest absolute Gasteiger partial charge is 0.326 e. The van der Waals surface area contributed by atoms with E-state index in [0.717, 1.165) is 12.4 Å². The molecular formula is C17H23NO4. The summed E-state index contributed by atoms with van der Waals surface area (Å²) in [6.45, 7) is 4.44. The van der Waals surface area contributed by atoms with Crippen LogP contribution in [0.3, 0.4) is 0 Å². The van der Waals surface area contributed by atoms with Gasteiger partial charge in [0.2, 0.25) is 0 Å². The Bertz CT molecular complexity index is 522. The number of carboxylic acid groups (broad SMARTS) is 1. The normalized spacial score (nSPS) is 16.6. The van der Waals surface area contributed by atoms with Crippen molar-refractivity contribution in [2.24, 2.45) is 11.8 Å². The van der Waals surface area contributed by atoms with Crippen molar-refractivity contribution in [3.05, 3.63) is 29.8 Å². The van der Waals surface area contributed by atoms with Gasteiger partial charge >= 0.3 is 5.97 Å². The molecule has 2 atom stereocenters. The third-order valence-electron chi connectivity index (χ3n) is 4.06. The molecule has 0 unspecified atom stereocenters. The molecule has 5 nitrogen and oxygen atoms in total. The Hall–Kier alpha value is -2.04. The minimum absolute atomic E-state index is 0.123. The molecule has 5 heteroatoms. The predicted molar refractivity (Wildman–Crippen MR) is 83.0 cm³/mol. The highest BCUT2D eigenvalue weighted by atomic mass is 16.5. The van der Waals surface area contributed by atoms with E-state index in [2.05, 4.69) is 5.32 Å². The van der Waals surface area contributed by atoms with Crippen LogP contribution in [0.5, 0.6) is 5.75 Å². The number of hydrogen-bond acceptors (Lipinski definition) is 3. The molecule has 0 aromatic heterocycles. The van der Waals surface area contributed by atoms with Crippen molar-refractivity contribution in [3.8, 4) is 5.75 Å². The molecule has 1 saturated carbocycles. The minimum atomic E-state index is -1.01. The molecule has 2 rings (SSSR count). The van der Waals surface area contributed by atoms with E-state index in [4.69, 9.17) is 4.74 Å². The Morgan fingerprint density at radius 3 is 2.45 bits per heavy atom. The van der Waals surface area contributed by atoms with Gasteiger partial charge in [0.15, 0.2) is 0 Å². The lowest BCUT2D eigenvalue weighted by atomic mass is 9.99. The number of benzene rings is 1. The van der Waals surface area contributed by atoms with E-state index in [9.17, 15) is 14.7 Å².